The topological polar surface area (TPSA) is 9.23 Å². The van der Waals surface area contributed by atoms with Crippen molar-refractivity contribution in [3.05, 3.63) is 59.6 Å². The quantitative estimate of drug-likeness (QED) is 0.390. The molecule has 0 amide bonds. The third-order valence-electron chi connectivity index (χ3n) is 4.00. The summed E-state index contributed by atoms with van der Waals surface area (Å²) in [6, 6.07) is 7.08. The van der Waals surface area contributed by atoms with Crippen LogP contribution in [-0.2, 0) is 4.74 Å². The molecule has 0 spiro atoms. The van der Waals surface area contributed by atoms with Crippen molar-refractivity contribution in [1.82, 2.24) is 0 Å². The lowest BCUT2D eigenvalue weighted by Crippen LogP contribution is -2.04. The maximum Gasteiger partial charge on any atom is 0.123 e. The first-order valence-corrected chi connectivity index (χ1v) is 9.89. The molecule has 1 fully saturated rings. The second-order valence-corrected chi connectivity index (χ2v) is 5.94. The Morgan fingerprint density at radius 2 is 1.84 bits per heavy atom. The van der Waals surface area contributed by atoms with Crippen LogP contribution in [0.3, 0.4) is 0 Å². The molecule has 0 aliphatic heterocycles. The number of benzene rings is 1. The normalized spacial score (nSPS) is 15.0. The van der Waals surface area contributed by atoms with Crippen LogP contribution in [-0.4, -0.2) is 6.61 Å². The Morgan fingerprint density at radius 1 is 1.16 bits per heavy atom. The van der Waals surface area contributed by atoms with Gasteiger partial charge in [0.25, 0.3) is 0 Å². The number of allylic oxidation sites excluding steroid dienone is 4. The Kier molecular flexibility index (Phi) is 14.9. The van der Waals surface area contributed by atoms with Gasteiger partial charge < -0.3 is 4.74 Å². The molecule has 0 atom stereocenters. The standard InChI is InChI=1S/C12H15F.C9H16O.C2H6/c13-12-8-4-7-11(9-12)10-5-2-1-3-6-10;1-4-6-7-8-9(3)10-5-2;1-2/h4,7-10H,1-3,5-6H2;6-8H,4-5H2,1-3H3;1-2H3/b;7-6-,9-8+;. The molecule has 142 valence electrons. The van der Waals surface area contributed by atoms with Crippen molar-refractivity contribution >= 4 is 0 Å². The van der Waals surface area contributed by atoms with Gasteiger partial charge in [-0.15, -0.1) is 0 Å². The van der Waals surface area contributed by atoms with Crippen LogP contribution < -0.4 is 0 Å². The van der Waals surface area contributed by atoms with Crippen molar-refractivity contribution < 1.29 is 9.13 Å². The zero-order chi connectivity index (χ0) is 18.9. The molecule has 0 saturated heterocycles. The van der Waals surface area contributed by atoms with E-state index in [0.717, 1.165) is 18.8 Å². The van der Waals surface area contributed by atoms with Crippen LogP contribution in [0.4, 0.5) is 4.39 Å². The summed E-state index contributed by atoms with van der Waals surface area (Å²) >= 11 is 0. The third kappa shape index (κ3) is 11.6. The average Bonchev–Trinajstić information content (AvgIpc) is 2.65. The van der Waals surface area contributed by atoms with Gasteiger partial charge in [0.2, 0.25) is 0 Å². The SMILES string of the molecule is CC.CC/C=C\C=C(/C)OCC.Fc1cccc(C2CCCCC2)c1. The van der Waals surface area contributed by atoms with Crippen molar-refractivity contribution in [2.45, 2.75) is 79.1 Å². The summed E-state index contributed by atoms with van der Waals surface area (Å²) in [4.78, 5) is 0. The molecule has 1 nitrogen and oxygen atoms in total. The number of halogens is 1. The molecule has 1 aliphatic carbocycles. The zero-order valence-corrected chi connectivity index (χ0v) is 16.9. The summed E-state index contributed by atoms with van der Waals surface area (Å²) in [7, 11) is 0. The number of rotatable bonds is 5. The Labute approximate surface area is 155 Å². The Morgan fingerprint density at radius 3 is 2.40 bits per heavy atom. The first-order chi connectivity index (χ1) is 12.2. The summed E-state index contributed by atoms with van der Waals surface area (Å²) in [5, 5.41) is 0. The minimum atomic E-state index is -0.0944. The highest BCUT2D eigenvalue weighted by molar-refractivity contribution is 5.20. The minimum absolute atomic E-state index is 0.0944. The Bertz CT molecular complexity index is 485. The highest BCUT2D eigenvalue weighted by atomic mass is 19.1. The van der Waals surface area contributed by atoms with Gasteiger partial charge >= 0.3 is 0 Å². The highest BCUT2D eigenvalue weighted by Gasteiger charge is 2.15. The van der Waals surface area contributed by atoms with Gasteiger partial charge in [-0.25, -0.2) is 4.39 Å². The van der Waals surface area contributed by atoms with Gasteiger partial charge in [0.1, 0.15) is 5.82 Å². The zero-order valence-electron chi connectivity index (χ0n) is 16.9. The molecular formula is C23H37FO. The molecule has 0 N–H and O–H groups in total. The van der Waals surface area contributed by atoms with Gasteiger partial charge in [-0.05, 0) is 62.8 Å². The van der Waals surface area contributed by atoms with E-state index in [-0.39, 0.29) is 5.82 Å². The minimum Gasteiger partial charge on any atom is -0.499 e. The lowest BCUT2D eigenvalue weighted by atomic mass is 9.84. The lowest BCUT2D eigenvalue weighted by molar-refractivity contribution is 0.231. The van der Waals surface area contributed by atoms with E-state index in [0.29, 0.717) is 5.92 Å². The number of ether oxygens (including phenoxy) is 1. The smallest absolute Gasteiger partial charge is 0.123 e. The van der Waals surface area contributed by atoms with Gasteiger partial charge in [-0.1, -0.05) is 64.3 Å². The van der Waals surface area contributed by atoms with Crippen LogP contribution in [0, 0.1) is 5.82 Å². The fraction of sp³-hybridized carbons (Fsp3) is 0.565. The van der Waals surface area contributed by atoms with Crippen LogP contribution in [0.15, 0.2) is 48.3 Å². The maximum absolute atomic E-state index is 12.9. The monoisotopic (exact) mass is 348 g/mol. The molecular weight excluding hydrogens is 311 g/mol. The summed E-state index contributed by atoms with van der Waals surface area (Å²) in [6.07, 6.45) is 13.6. The molecule has 1 aliphatic rings. The van der Waals surface area contributed by atoms with Crippen molar-refractivity contribution in [2.75, 3.05) is 6.61 Å². The maximum atomic E-state index is 12.9. The van der Waals surface area contributed by atoms with Gasteiger partial charge in [0, 0.05) is 0 Å². The third-order valence-corrected chi connectivity index (χ3v) is 4.00. The first-order valence-electron chi connectivity index (χ1n) is 9.89. The van der Waals surface area contributed by atoms with Crippen LogP contribution >= 0.6 is 0 Å². The van der Waals surface area contributed by atoms with Crippen LogP contribution in [0.5, 0.6) is 0 Å². The van der Waals surface area contributed by atoms with Crippen LogP contribution in [0.25, 0.3) is 0 Å². The molecule has 0 aromatic heterocycles. The van der Waals surface area contributed by atoms with Gasteiger partial charge in [0.15, 0.2) is 0 Å². The van der Waals surface area contributed by atoms with Crippen LogP contribution in [0.1, 0.15) is 84.6 Å². The number of hydrogen-bond acceptors (Lipinski definition) is 1. The number of hydrogen-bond donors (Lipinski definition) is 0. The highest BCUT2D eigenvalue weighted by Crippen LogP contribution is 2.32. The van der Waals surface area contributed by atoms with Gasteiger partial charge in [-0.3, -0.25) is 0 Å². The molecule has 2 heteroatoms. The predicted molar refractivity (Wildman–Crippen MR) is 108 cm³/mol. The van der Waals surface area contributed by atoms with Crippen molar-refractivity contribution in [1.29, 1.82) is 0 Å². The van der Waals surface area contributed by atoms with E-state index in [9.17, 15) is 4.39 Å². The average molecular weight is 349 g/mol. The lowest BCUT2D eigenvalue weighted by Gasteiger charge is -2.21. The fourth-order valence-corrected chi connectivity index (χ4v) is 2.81. The molecule has 1 saturated carbocycles. The molecule has 0 unspecified atom stereocenters. The molecule has 2 rings (SSSR count). The van der Waals surface area contributed by atoms with Crippen molar-refractivity contribution in [3.8, 4) is 0 Å². The van der Waals surface area contributed by atoms with Gasteiger partial charge in [0.05, 0.1) is 12.4 Å². The van der Waals surface area contributed by atoms with E-state index in [1.807, 2.05) is 45.9 Å². The summed E-state index contributed by atoms with van der Waals surface area (Å²) < 4.78 is 18.1. The largest absolute Gasteiger partial charge is 0.499 e. The van der Waals surface area contributed by atoms with Gasteiger partial charge in [-0.2, -0.15) is 0 Å². The van der Waals surface area contributed by atoms with Crippen molar-refractivity contribution in [2.24, 2.45) is 0 Å². The second kappa shape index (κ2) is 15.9. The summed E-state index contributed by atoms with van der Waals surface area (Å²) in [5.41, 5.74) is 1.19. The van der Waals surface area contributed by atoms with Crippen molar-refractivity contribution in [3.63, 3.8) is 0 Å². The first kappa shape index (κ1) is 23.4. The Balaban J connectivity index is 0.000000434. The predicted octanol–water partition coefficient (Wildman–Crippen LogP) is 7.79. The molecule has 1 aromatic rings. The summed E-state index contributed by atoms with van der Waals surface area (Å²) in [6.45, 7) is 10.8. The molecule has 0 radical (unpaired) electrons. The second-order valence-electron chi connectivity index (χ2n) is 5.94. The van der Waals surface area contributed by atoms with E-state index in [1.165, 1.54) is 43.7 Å². The molecule has 1 aromatic carbocycles. The van der Waals surface area contributed by atoms with E-state index >= 15 is 0 Å². The molecule has 0 heterocycles. The summed E-state index contributed by atoms with van der Waals surface area (Å²) in [5.74, 6) is 1.50. The van der Waals surface area contributed by atoms with Crippen LogP contribution in [0.2, 0.25) is 0 Å². The fourth-order valence-electron chi connectivity index (χ4n) is 2.81. The van der Waals surface area contributed by atoms with E-state index in [4.69, 9.17) is 4.74 Å². The molecule has 25 heavy (non-hydrogen) atoms. The molecule has 0 bridgehead atoms. The Hall–Kier alpha value is -1.57. The van der Waals surface area contributed by atoms with E-state index in [2.05, 4.69) is 19.1 Å². The van der Waals surface area contributed by atoms with E-state index < -0.39 is 0 Å². The van der Waals surface area contributed by atoms with E-state index in [1.54, 1.807) is 6.07 Å².